The minimum absolute atomic E-state index is 0.159. The number of thiazole rings is 1. The van der Waals surface area contributed by atoms with Crippen LogP contribution in [0.3, 0.4) is 0 Å². The fourth-order valence-electron chi connectivity index (χ4n) is 3.96. The Kier molecular flexibility index (Phi) is 5.98. The van der Waals surface area contributed by atoms with Gasteiger partial charge in [-0.3, -0.25) is 4.79 Å². The van der Waals surface area contributed by atoms with Gasteiger partial charge < -0.3 is 9.64 Å². The van der Waals surface area contributed by atoms with Crippen LogP contribution in [-0.4, -0.2) is 52.5 Å². The van der Waals surface area contributed by atoms with E-state index >= 15 is 0 Å². The second-order valence-electron chi connectivity index (χ2n) is 8.11. The largest absolute Gasteiger partial charge is 0.369 e. The second kappa shape index (κ2) is 8.92. The molecule has 1 fully saturated rings. The van der Waals surface area contributed by atoms with Crippen molar-refractivity contribution >= 4 is 66.2 Å². The van der Waals surface area contributed by atoms with Crippen molar-refractivity contribution in [3.63, 3.8) is 0 Å². The molecule has 1 atom stereocenters. The minimum Gasteiger partial charge on any atom is -0.369 e. The van der Waals surface area contributed by atoms with E-state index in [9.17, 15) is 9.18 Å². The van der Waals surface area contributed by atoms with Gasteiger partial charge in [0.2, 0.25) is 0 Å². The summed E-state index contributed by atoms with van der Waals surface area (Å²) in [5.41, 5.74) is 3.94. The van der Waals surface area contributed by atoms with Crippen molar-refractivity contribution in [1.82, 2.24) is 19.7 Å². The van der Waals surface area contributed by atoms with Crippen LogP contribution >= 0.6 is 27.3 Å². The van der Waals surface area contributed by atoms with Crippen molar-refractivity contribution in [2.24, 2.45) is 4.99 Å². The molecule has 5 rings (SSSR count). The summed E-state index contributed by atoms with van der Waals surface area (Å²) >= 11 is 4.95. The van der Waals surface area contributed by atoms with E-state index in [1.165, 1.54) is 23.5 Å². The van der Waals surface area contributed by atoms with Gasteiger partial charge in [0.25, 0.3) is 0 Å². The molecule has 4 aromatic rings. The van der Waals surface area contributed by atoms with Crippen LogP contribution < -0.4 is 0 Å². The minimum atomic E-state index is -0.471. The maximum atomic E-state index is 14.7. The lowest BCUT2D eigenvalue weighted by atomic mass is 9.98. The molecule has 1 aliphatic heterocycles. The normalized spacial score (nSPS) is 16.8. The Hall–Kier alpha value is -2.69. The summed E-state index contributed by atoms with van der Waals surface area (Å²) in [4.78, 5) is 24.6. The highest BCUT2D eigenvalue weighted by molar-refractivity contribution is 9.10. The van der Waals surface area contributed by atoms with Crippen LogP contribution in [0, 0.1) is 5.82 Å². The van der Waals surface area contributed by atoms with Crippen LogP contribution in [-0.2, 0) is 4.74 Å². The first-order chi connectivity index (χ1) is 15.9. The van der Waals surface area contributed by atoms with Crippen molar-refractivity contribution in [1.29, 1.82) is 0 Å². The molecule has 10 heteroatoms. The van der Waals surface area contributed by atoms with Gasteiger partial charge in [0.05, 0.1) is 33.3 Å². The third-order valence-corrected chi connectivity index (χ3v) is 6.98. The quantitative estimate of drug-likeness (QED) is 0.188. The zero-order valence-electron chi connectivity index (χ0n) is 18.1. The lowest BCUT2D eigenvalue weighted by molar-refractivity contribution is -0.0391. The third-order valence-electron chi connectivity index (χ3n) is 5.54. The Balaban J connectivity index is 1.67. The molecule has 1 unspecified atom stereocenters. The molecule has 0 N–H and O–H groups in total. The predicted molar refractivity (Wildman–Crippen MR) is 131 cm³/mol. The number of ether oxygens (including phenoxy) is 1. The monoisotopic (exact) mass is 529 g/mol. The van der Waals surface area contributed by atoms with Crippen molar-refractivity contribution in [2.45, 2.75) is 25.5 Å². The highest BCUT2D eigenvalue weighted by Crippen LogP contribution is 2.39. The van der Waals surface area contributed by atoms with Gasteiger partial charge in [-0.2, -0.15) is 5.10 Å². The van der Waals surface area contributed by atoms with Gasteiger partial charge in [-0.05, 0) is 53.4 Å². The Labute approximate surface area is 202 Å². The summed E-state index contributed by atoms with van der Waals surface area (Å²) in [6.07, 6.45) is 5.93. The van der Waals surface area contributed by atoms with Gasteiger partial charge in [0.1, 0.15) is 11.7 Å². The van der Waals surface area contributed by atoms with Crippen LogP contribution in [0.4, 0.5) is 10.1 Å². The first-order valence-corrected chi connectivity index (χ1v) is 12.2. The Bertz CT molecular complexity index is 1390. The number of rotatable bonds is 5. The number of nitrogens with zero attached hydrogens (tertiary/aromatic N) is 5. The average Bonchev–Trinajstić information content (AvgIpc) is 3.47. The maximum Gasteiger partial charge on any atom is 0.196 e. The molecule has 1 saturated heterocycles. The number of hydrogen-bond acceptors (Lipinski definition) is 6. The summed E-state index contributed by atoms with van der Waals surface area (Å²) in [6, 6.07) is 4.53. The molecule has 0 bridgehead atoms. The molecule has 0 aliphatic carbocycles. The number of carbonyl (C=O) groups excluding carboxylic acids is 1. The zero-order chi connectivity index (χ0) is 23.1. The van der Waals surface area contributed by atoms with E-state index in [-0.39, 0.29) is 17.5 Å². The van der Waals surface area contributed by atoms with Gasteiger partial charge in [-0.1, -0.05) is 0 Å². The molecule has 7 nitrogen and oxygen atoms in total. The third kappa shape index (κ3) is 4.07. The van der Waals surface area contributed by atoms with Crippen molar-refractivity contribution in [2.75, 3.05) is 20.7 Å². The Morgan fingerprint density at radius 1 is 1.33 bits per heavy atom. The lowest BCUT2D eigenvalue weighted by Gasteiger charge is -2.22. The van der Waals surface area contributed by atoms with E-state index in [0.717, 1.165) is 29.5 Å². The molecule has 0 saturated carbocycles. The molecular formula is C23H21BrFN5O2S. The number of carbonyl (C=O) groups is 1. The van der Waals surface area contributed by atoms with Crippen LogP contribution in [0.1, 0.15) is 41.4 Å². The summed E-state index contributed by atoms with van der Waals surface area (Å²) in [5.74, 6) is -0.730. The van der Waals surface area contributed by atoms with Crippen molar-refractivity contribution < 1.29 is 13.9 Å². The van der Waals surface area contributed by atoms with Gasteiger partial charge in [0, 0.05) is 42.3 Å². The molecule has 33 heavy (non-hydrogen) atoms. The van der Waals surface area contributed by atoms with Crippen LogP contribution in [0.15, 0.2) is 39.4 Å². The van der Waals surface area contributed by atoms with Crippen LogP contribution in [0.25, 0.3) is 21.1 Å². The Morgan fingerprint density at radius 2 is 2.18 bits per heavy atom. The predicted octanol–water partition coefficient (Wildman–Crippen LogP) is 5.70. The summed E-state index contributed by atoms with van der Waals surface area (Å²) < 4.78 is 23.6. The molecule has 3 heterocycles. The lowest BCUT2D eigenvalue weighted by Crippen LogP contribution is -2.18. The average molecular weight is 530 g/mol. The molecule has 2 aromatic carbocycles. The van der Waals surface area contributed by atoms with Gasteiger partial charge in [-0.15, -0.1) is 11.3 Å². The molecule has 2 aromatic heterocycles. The summed E-state index contributed by atoms with van der Waals surface area (Å²) in [7, 11) is 3.72. The fraction of sp³-hybridized carbons (Fsp3) is 0.304. The van der Waals surface area contributed by atoms with E-state index in [2.05, 4.69) is 31.0 Å². The number of hydrogen-bond donors (Lipinski definition) is 0. The van der Waals surface area contributed by atoms with E-state index in [0.29, 0.717) is 33.3 Å². The van der Waals surface area contributed by atoms with Crippen LogP contribution in [0.5, 0.6) is 0 Å². The maximum absolute atomic E-state index is 14.7. The molecule has 170 valence electrons. The van der Waals surface area contributed by atoms with Crippen molar-refractivity contribution in [3.8, 4) is 0 Å². The Morgan fingerprint density at radius 3 is 2.94 bits per heavy atom. The molecular weight excluding hydrogens is 509 g/mol. The molecule has 1 aliphatic rings. The zero-order valence-corrected chi connectivity index (χ0v) is 20.5. The SMILES string of the molecule is CN(C)/C=N/c1c(C(=O)c2ccc(F)c3nn(C4CCCCO4)cc23)cc(Br)c2ncsc12. The van der Waals surface area contributed by atoms with Crippen LogP contribution in [0.2, 0.25) is 0 Å². The summed E-state index contributed by atoms with van der Waals surface area (Å²) in [5, 5.41) is 4.88. The second-order valence-corrected chi connectivity index (χ2v) is 9.82. The highest BCUT2D eigenvalue weighted by atomic mass is 79.9. The fourth-order valence-corrected chi connectivity index (χ4v) is 5.43. The first kappa shape index (κ1) is 22.1. The highest BCUT2D eigenvalue weighted by Gasteiger charge is 2.25. The van der Waals surface area contributed by atoms with E-state index in [1.807, 2.05) is 14.1 Å². The number of ketones is 1. The van der Waals surface area contributed by atoms with E-state index in [4.69, 9.17) is 4.74 Å². The molecule has 0 amide bonds. The molecule has 0 radical (unpaired) electrons. The topological polar surface area (TPSA) is 72.6 Å². The smallest absolute Gasteiger partial charge is 0.196 e. The number of aliphatic imine (C=N–C) groups is 1. The number of fused-ring (bicyclic) bond motifs is 2. The van der Waals surface area contributed by atoms with Gasteiger partial charge in [0.15, 0.2) is 11.6 Å². The van der Waals surface area contributed by atoms with Gasteiger partial charge in [-0.25, -0.2) is 19.0 Å². The van der Waals surface area contributed by atoms with E-state index in [1.54, 1.807) is 33.7 Å². The summed E-state index contributed by atoms with van der Waals surface area (Å²) in [6.45, 7) is 0.644. The number of aromatic nitrogens is 3. The van der Waals surface area contributed by atoms with E-state index < -0.39 is 5.82 Å². The van der Waals surface area contributed by atoms with Gasteiger partial charge >= 0.3 is 0 Å². The number of halogens is 2. The first-order valence-electron chi connectivity index (χ1n) is 10.5. The number of benzene rings is 2. The van der Waals surface area contributed by atoms with Crippen molar-refractivity contribution in [3.05, 3.63) is 51.3 Å². The molecule has 0 spiro atoms. The standard InChI is InChI=1S/C23H21BrFN5O2S/c1-29(2)11-26-20-14(9-16(24)21-23(20)33-12-27-21)22(31)13-6-7-17(25)19-15(13)10-30(28-19)18-5-3-4-8-32-18/h6-7,9-12,18H,3-5,8H2,1-2H3/b26-11+.